The van der Waals surface area contributed by atoms with E-state index in [9.17, 15) is 0 Å². The van der Waals surface area contributed by atoms with Crippen LogP contribution in [0.5, 0.6) is 0 Å². The highest BCUT2D eigenvalue weighted by Crippen LogP contribution is 2.30. The smallest absolute Gasteiger partial charge is 0.00955 e. The Kier molecular flexibility index (Phi) is 3.88. The van der Waals surface area contributed by atoms with Crippen LogP contribution in [0.4, 0.5) is 0 Å². The summed E-state index contributed by atoms with van der Waals surface area (Å²) in [5.41, 5.74) is 5.93. The van der Waals surface area contributed by atoms with Crippen LogP contribution < -0.4 is 5.32 Å². The van der Waals surface area contributed by atoms with E-state index in [4.69, 9.17) is 0 Å². The summed E-state index contributed by atoms with van der Waals surface area (Å²) in [4.78, 5) is 0. The van der Waals surface area contributed by atoms with Crippen molar-refractivity contribution in [3.63, 3.8) is 0 Å². The second-order valence-corrected chi connectivity index (χ2v) is 5.67. The van der Waals surface area contributed by atoms with Gasteiger partial charge in [-0.05, 0) is 69.7 Å². The van der Waals surface area contributed by atoms with Crippen LogP contribution in [0, 0.1) is 26.7 Å². The lowest BCUT2D eigenvalue weighted by Crippen LogP contribution is -2.30. The fraction of sp³-hybridized carbons (Fsp3) is 0.625. The van der Waals surface area contributed by atoms with Gasteiger partial charge in [-0.15, -0.1) is 0 Å². The Labute approximate surface area is 106 Å². The lowest BCUT2D eigenvalue weighted by atomic mass is 9.89. The van der Waals surface area contributed by atoms with Crippen molar-refractivity contribution in [3.8, 4) is 0 Å². The van der Waals surface area contributed by atoms with Crippen LogP contribution in [0.3, 0.4) is 0 Å². The first-order chi connectivity index (χ1) is 8.11. The van der Waals surface area contributed by atoms with E-state index in [1.807, 2.05) is 0 Å². The van der Waals surface area contributed by atoms with Gasteiger partial charge in [-0.25, -0.2) is 0 Å². The molecule has 0 amide bonds. The normalized spacial score (nSPS) is 24.2. The van der Waals surface area contributed by atoms with Gasteiger partial charge in [-0.1, -0.05) is 24.1 Å². The number of aryl methyl sites for hydroxylation is 3. The van der Waals surface area contributed by atoms with Gasteiger partial charge in [-0.2, -0.15) is 0 Å². The van der Waals surface area contributed by atoms with E-state index in [1.165, 1.54) is 42.4 Å². The summed E-state index contributed by atoms with van der Waals surface area (Å²) in [6.07, 6.45) is 5.38. The van der Waals surface area contributed by atoms with Crippen molar-refractivity contribution in [2.24, 2.45) is 5.92 Å². The number of nitrogens with one attached hydrogen (secondary N) is 1. The number of hydrogen-bond donors (Lipinski definition) is 1. The van der Waals surface area contributed by atoms with Crippen molar-refractivity contribution in [2.75, 3.05) is 7.05 Å². The Morgan fingerprint density at radius 2 is 1.76 bits per heavy atom. The van der Waals surface area contributed by atoms with Crippen LogP contribution >= 0.6 is 0 Å². The van der Waals surface area contributed by atoms with Gasteiger partial charge in [0.2, 0.25) is 0 Å². The molecule has 0 spiro atoms. The molecular weight excluding hydrogens is 206 g/mol. The Hall–Kier alpha value is -0.820. The minimum absolute atomic E-state index is 0.732. The first kappa shape index (κ1) is 12.6. The highest BCUT2D eigenvalue weighted by molar-refractivity contribution is 5.37. The summed E-state index contributed by atoms with van der Waals surface area (Å²) in [7, 11) is 2.11. The molecule has 0 saturated heterocycles. The predicted octanol–water partition coefficient (Wildman–Crippen LogP) is 3.54. The van der Waals surface area contributed by atoms with Crippen molar-refractivity contribution in [2.45, 2.75) is 52.5 Å². The van der Waals surface area contributed by atoms with Gasteiger partial charge in [0.1, 0.15) is 0 Å². The standard InChI is InChI=1S/C16H25N/c1-11-8-12(2)15(13(3)9-11)10-14-6-5-7-16(14)17-4/h8-9,14,16-17H,5-7,10H2,1-4H3. The van der Waals surface area contributed by atoms with Crippen molar-refractivity contribution in [1.82, 2.24) is 5.32 Å². The molecule has 0 radical (unpaired) electrons. The quantitative estimate of drug-likeness (QED) is 0.839. The Morgan fingerprint density at radius 3 is 2.35 bits per heavy atom. The molecule has 1 N–H and O–H groups in total. The summed E-state index contributed by atoms with van der Waals surface area (Å²) < 4.78 is 0. The molecule has 1 aliphatic carbocycles. The van der Waals surface area contributed by atoms with Crippen LogP contribution in [0.1, 0.15) is 41.5 Å². The maximum Gasteiger partial charge on any atom is 0.00955 e. The molecule has 0 bridgehead atoms. The molecule has 0 aromatic heterocycles. The van der Waals surface area contributed by atoms with Crippen LogP contribution in [0.15, 0.2) is 12.1 Å². The van der Waals surface area contributed by atoms with Gasteiger partial charge in [0, 0.05) is 6.04 Å². The molecule has 1 fully saturated rings. The third kappa shape index (κ3) is 2.71. The van der Waals surface area contributed by atoms with Gasteiger partial charge in [0.15, 0.2) is 0 Å². The Balaban J connectivity index is 2.18. The Bertz CT molecular complexity index is 372. The maximum atomic E-state index is 3.48. The zero-order valence-corrected chi connectivity index (χ0v) is 11.6. The summed E-state index contributed by atoms with van der Waals surface area (Å²) >= 11 is 0. The highest BCUT2D eigenvalue weighted by Gasteiger charge is 2.26. The van der Waals surface area contributed by atoms with Crippen LogP contribution in [-0.4, -0.2) is 13.1 Å². The van der Waals surface area contributed by atoms with E-state index in [0.29, 0.717) is 0 Å². The van der Waals surface area contributed by atoms with Gasteiger partial charge >= 0.3 is 0 Å². The first-order valence-corrected chi connectivity index (χ1v) is 6.86. The average molecular weight is 231 g/mol. The molecule has 94 valence electrons. The van der Waals surface area contributed by atoms with Crippen LogP contribution in [-0.2, 0) is 6.42 Å². The van der Waals surface area contributed by atoms with Gasteiger partial charge in [0.05, 0.1) is 0 Å². The molecule has 0 heterocycles. The van der Waals surface area contributed by atoms with Gasteiger partial charge in [0.25, 0.3) is 0 Å². The van der Waals surface area contributed by atoms with E-state index >= 15 is 0 Å². The lowest BCUT2D eigenvalue weighted by molar-refractivity contribution is 0.422. The molecule has 2 unspecified atom stereocenters. The molecule has 1 aliphatic rings. The van der Waals surface area contributed by atoms with E-state index in [2.05, 4.69) is 45.3 Å². The second kappa shape index (κ2) is 5.22. The molecular formula is C16H25N. The highest BCUT2D eigenvalue weighted by atomic mass is 14.9. The average Bonchev–Trinajstić information content (AvgIpc) is 2.70. The third-order valence-corrected chi connectivity index (χ3v) is 4.34. The van der Waals surface area contributed by atoms with E-state index in [-0.39, 0.29) is 0 Å². The van der Waals surface area contributed by atoms with Crippen LogP contribution in [0.2, 0.25) is 0 Å². The summed E-state index contributed by atoms with van der Waals surface area (Å²) in [5.74, 6) is 0.833. The lowest BCUT2D eigenvalue weighted by Gasteiger charge is -2.21. The number of benzene rings is 1. The first-order valence-electron chi connectivity index (χ1n) is 6.86. The zero-order valence-electron chi connectivity index (χ0n) is 11.6. The Morgan fingerprint density at radius 1 is 1.12 bits per heavy atom. The molecule has 17 heavy (non-hydrogen) atoms. The van der Waals surface area contributed by atoms with Gasteiger partial charge < -0.3 is 5.32 Å². The zero-order chi connectivity index (χ0) is 12.4. The van der Waals surface area contributed by atoms with E-state index < -0.39 is 0 Å². The van der Waals surface area contributed by atoms with Gasteiger partial charge in [-0.3, -0.25) is 0 Å². The third-order valence-electron chi connectivity index (χ3n) is 4.34. The molecule has 1 nitrogen and oxygen atoms in total. The van der Waals surface area contributed by atoms with Crippen molar-refractivity contribution >= 4 is 0 Å². The van der Waals surface area contributed by atoms with E-state index in [0.717, 1.165) is 12.0 Å². The van der Waals surface area contributed by atoms with Crippen molar-refractivity contribution in [3.05, 3.63) is 34.4 Å². The number of rotatable bonds is 3. The van der Waals surface area contributed by atoms with Crippen molar-refractivity contribution < 1.29 is 0 Å². The largest absolute Gasteiger partial charge is 0.317 e. The monoisotopic (exact) mass is 231 g/mol. The van der Waals surface area contributed by atoms with Crippen LogP contribution in [0.25, 0.3) is 0 Å². The summed E-state index contributed by atoms with van der Waals surface area (Å²) in [5, 5.41) is 3.48. The fourth-order valence-electron chi connectivity index (χ4n) is 3.46. The molecule has 1 saturated carbocycles. The summed E-state index contributed by atoms with van der Waals surface area (Å²) in [6.45, 7) is 6.72. The summed E-state index contributed by atoms with van der Waals surface area (Å²) in [6, 6.07) is 5.38. The molecule has 1 aromatic carbocycles. The SMILES string of the molecule is CNC1CCCC1Cc1c(C)cc(C)cc1C. The fourth-order valence-corrected chi connectivity index (χ4v) is 3.46. The minimum Gasteiger partial charge on any atom is -0.317 e. The topological polar surface area (TPSA) is 12.0 Å². The molecule has 2 atom stereocenters. The second-order valence-electron chi connectivity index (χ2n) is 5.67. The molecule has 1 aromatic rings. The minimum atomic E-state index is 0.732. The molecule has 1 heteroatoms. The maximum absolute atomic E-state index is 3.48. The van der Waals surface area contributed by atoms with E-state index in [1.54, 1.807) is 5.56 Å². The number of hydrogen-bond acceptors (Lipinski definition) is 1. The van der Waals surface area contributed by atoms with Crippen molar-refractivity contribution in [1.29, 1.82) is 0 Å². The molecule has 0 aliphatic heterocycles. The predicted molar refractivity (Wildman–Crippen MR) is 74.5 cm³/mol. The molecule has 2 rings (SSSR count).